The highest BCUT2D eigenvalue weighted by molar-refractivity contribution is 7.16. The summed E-state index contributed by atoms with van der Waals surface area (Å²) in [7, 11) is 0. The van der Waals surface area contributed by atoms with E-state index in [0.29, 0.717) is 35.2 Å². The molecule has 0 saturated carbocycles. The van der Waals surface area contributed by atoms with Crippen LogP contribution in [0.25, 0.3) is 0 Å². The van der Waals surface area contributed by atoms with E-state index in [1.54, 1.807) is 0 Å². The van der Waals surface area contributed by atoms with Gasteiger partial charge in [-0.1, -0.05) is 0 Å². The molecule has 1 aromatic heterocycles. The molecule has 154 valence electrons. The van der Waals surface area contributed by atoms with Crippen LogP contribution in [0.15, 0.2) is 0 Å². The van der Waals surface area contributed by atoms with Gasteiger partial charge in [-0.05, 0) is 65.1 Å². The number of amides is 1. The highest BCUT2D eigenvalue weighted by atomic mass is 32.1. The van der Waals surface area contributed by atoms with Crippen LogP contribution < -0.4 is 5.32 Å². The number of ether oxygens (including phenoxy) is 1. The first kappa shape index (κ1) is 21.3. The number of morpholine rings is 1. The molecule has 3 heterocycles. The number of nitriles is 1. The van der Waals surface area contributed by atoms with Gasteiger partial charge in [-0.15, -0.1) is 11.3 Å². The maximum atomic E-state index is 12.5. The molecule has 28 heavy (non-hydrogen) atoms. The zero-order chi connectivity index (χ0) is 20.3. The quantitative estimate of drug-likeness (QED) is 0.817. The van der Waals surface area contributed by atoms with E-state index in [2.05, 4.69) is 35.0 Å². The molecule has 0 spiro atoms. The molecule has 7 heteroatoms. The minimum absolute atomic E-state index is 0.0213. The second kappa shape index (κ2) is 9.36. The van der Waals surface area contributed by atoms with E-state index in [0.717, 1.165) is 56.0 Å². The summed E-state index contributed by atoms with van der Waals surface area (Å²) in [6.45, 7) is 13.7. The third-order valence-corrected chi connectivity index (χ3v) is 6.96. The first-order valence-electron chi connectivity index (χ1n) is 10.3. The third-order valence-electron chi connectivity index (χ3n) is 5.84. The second-order valence-corrected chi connectivity index (χ2v) is 9.57. The molecule has 1 aromatic rings. The van der Waals surface area contributed by atoms with Crippen molar-refractivity contribution in [2.24, 2.45) is 5.92 Å². The van der Waals surface area contributed by atoms with Crippen LogP contribution in [-0.4, -0.2) is 67.2 Å². The summed E-state index contributed by atoms with van der Waals surface area (Å²) in [5.74, 6) is 0.677. The molecule has 2 saturated heterocycles. The number of anilines is 1. The zero-order valence-electron chi connectivity index (χ0n) is 17.5. The summed E-state index contributed by atoms with van der Waals surface area (Å²) >= 11 is 1.49. The minimum Gasteiger partial charge on any atom is -0.373 e. The van der Waals surface area contributed by atoms with Gasteiger partial charge in [-0.3, -0.25) is 14.6 Å². The average molecular weight is 405 g/mol. The lowest BCUT2D eigenvalue weighted by molar-refractivity contribution is -0.117. The summed E-state index contributed by atoms with van der Waals surface area (Å²) < 4.78 is 5.83. The first-order valence-corrected chi connectivity index (χ1v) is 11.1. The average Bonchev–Trinajstić information content (AvgIpc) is 2.88. The molecule has 1 amide bonds. The number of piperidine rings is 1. The minimum atomic E-state index is -0.0213. The maximum absolute atomic E-state index is 12.5. The van der Waals surface area contributed by atoms with Crippen LogP contribution >= 0.6 is 11.3 Å². The SMILES string of the molecule is Cc1sc(NC(=O)CN2CCC(CN3CC(C)OC(C)C3)CC2)c(C#N)c1C. The van der Waals surface area contributed by atoms with Gasteiger partial charge in [0.2, 0.25) is 5.91 Å². The Labute approximate surface area is 172 Å². The van der Waals surface area contributed by atoms with Crippen molar-refractivity contribution >= 4 is 22.2 Å². The Morgan fingerprint density at radius 1 is 1.21 bits per heavy atom. The van der Waals surface area contributed by atoms with Crippen molar-refractivity contribution in [2.45, 2.75) is 52.7 Å². The summed E-state index contributed by atoms with van der Waals surface area (Å²) in [6.07, 6.45) is 2.90. The fourth-order valence-electron chi connectivity index (χ4n) is 4.34. The predicted octanol–water partition coefficient (Wildman–Crippen LogP) is 3.00. The second-order valence-electron chi connectivity index (χ2n) is 8.34. The fourth-order valence-corrected chi connectivity index (χ4v) is 5.37. The number of likely N-dealkylation sites (tertiary alicyclic amines) is 1. The molecule has 6 nitrogen and oxygen atoms in total. The summed E-state index contributed by atoms with van der Waals surface area (Å²) in [5.41, 5.74) is 1.57. The number of carbonyl (C=O) groups excluding carboxylic acids is 1. The van der Waals surface area contributed by atoms with Gasteiger partial charge >= 0.3 is 0 Å². The van der Waals surface area contributed by atoms with Crippen molar-refractivity contribution in [2.75, 3.05) is 44.6 Å². The van der Waals surface area contributed by atoms with Crippen LogP contribution in [0.2, 0.25) is 0 Å². The zero-order valence-corrected chi connectivity index (χ0v) is 18.3. The maximum Gasteiger partial charge on any atom is 0.239 e. The molecule has 0 aliphatic carbocycles. The Hall–Kier alpha value is -1.46. The fraction of sp³-hybridized carbons (Fsp3) is 0.714. The van der Waals surface area contributed by atoms with Crippen molar-refractivity contribution in [3.8, 4) is 6.07 Å². The van der Waals surface area contributed by atoms with Crippen LogP contribution in [0, 0.1) is 31.1 Å². The molecule has 2 atom stereocenters. The number of carbonyl (C=O) groups is 1. The summed E-state index contributed by atoms with van der Waals surface area (Å²) in [4.78, 5) is 18.3. The highest BCUT2D eigenvalue weighted by Gasteiger charge is 2.27. The summed E-state index contributed by atoms with van der Waals surface area (Å²) in [5, 5.41) is 13.0. The van der Waals surface area contributed by atoms with E-state index in [4.69, 9.17) is 4.74 Å². The topological polar surface area (TPSA) is 68.6 Å². The molecule has 0 radical (unpaired) electrons. The van der Waals surface area contributed by atoms with Gasteiger partial charge in [0, 0.05) is 24.5 Å². The number of rotatable bonds is 5. The summed E-state index contributed by atoms with van der Waals surface area (Å²) in [6, 6.07) is 2.21. The molecule has 3 rings (SSSR count). The number of nitrogens with zero attached hydrogens (tertiary/aromatic N) is 3. The Morgan fingerprint density at radius 2 is 1.86 bits per heavy atom. The molecule has 0 bridgehead atoms. The van der Waals surface area contributed by atoms with E-state index in [9.17, 15) is 10.1 Å². The normalized spacial score (nSPS) is 24.8. The number of aryl methyl sites for hydroxylation is 1. The van der Waals surface area contributed by atoms with Crippen molar-refractivity contribution in [3.63, 3.8) is 0 Å². The first-order chi connectivity index (χ1) is 13.4. The Kier molecular flexibility index (Phi) is 7.10. The third kappa shape index (κ3) is 5.32. The van der Waals surface area contributed by atoms with Gasteiger partial charge in [0.15, 0.2) is 0 Å². The van der Waals surface area contributed by atoms with Gasteiger partial charge < -0.3 is 10.1 Å². The Balaban J connectivity index is 1.43. The number of thiophene rings is 1. The van der Waals surface area contributed by atoms with Gasteiger partial charge in [-0.25, -0.2) is 0 Å². The molecular formula is C21H32N4O2S. The van der Waals surface area contributed by atoms with Crippen LogP contribution in [0.5, 0.6) is 0 Å². The van der Waals surface area contributed by atoms with Crippen molar-refractivity contribution < 1.29 is 9.53 Å². The highest BCUT2D eigenvalue weighted by Crippen LogP contribution is 2.31. The van der Waals surface area contributed by atoms with E-state index in [1.165, 1.54) is 11.3 Å². The Bertz CT molecular complexity index is 723. The molecule has 2 aliphatic rings. The lowest BCUT2D eigenvalue weighted by Gasteiger charge is -2.39. The van der Waals surface area contributed by atoms with Crippen LogP contribution in [0.4, 0.5) is 5.00 Å². The van der Waals surface area contributed by atoms with Crippen molar-refractivity contribution in [1.29, 1.82) is 5.26 Å². The van der Waals surface area contributed by atoms with Gasteiger partial charge in [0.05, 0.1) is 24.3 Å². The smallest absolute Gasteiger partial charge is 0.239 e. The molecule has 2 unspecified atom stereocenters. The van der Waals surface area contributed by atoms with Crippen LogP contribution in [0.1, 0.15) is 42.7 Å². The standard InChI is InChI=1S/C21H32N4O2S/c1-14-10-25(11-15(2)27-14)12-18-5-7-24(8-6-18)13-20(26)23-21-19(9-22)16(3)17(4)28-21/h14-15,18H,5-8,10-13H2,1-4H3,(H,23,26). The predicted molar refractivity (Wildman–Crippen MR) is 113 cm³/mol. The van der Waals surface area contributed by atoms with E-state index in [-0.39, 0.29) is 5.91 Å². The van der Waals surface area contributed by atoms with Crippen molar-refractivity contribution in [3.05, 3.63) is 16.0 Å². The van der Waals surface area contributed by atoms with E-state index >= 15 is 0 Å². The van der Waals surface area contributed by atoms with E-state index in [1.807, 2.05) is 13.8 Å². The van der Waals surface area contributed by atoms with Crippen LogP contribution in [0.3, 0.4) is 0 Å². The number of hydrogen-bond acceptors (Lipinski definition) is 6. The molecule has 2 fully saturated rings. The molecular weight excluding hydrogens is 372 g/mol. The van der Waals surface area contributed by atoms with Gasteiger partial charge in [0.1, 0.15) is 11.1 Å². The largest absolute Gasteiger partial charge is 0.373 e. The number of hydrogen-bond donors (Lipinski definition) is 1. The molecule has 0 aromatic carbocycles. The van der Waals surface area contributed by atoms with Gasteiger partial charge in [-0.2, -0.15) is 5.26 Å². The lowest BCUT2D eigenvalue weighted by Crippen LogP contribution is -2.48. The lowest BCUT2D eigenvalue weighted by atomic mass is 9.95. The molecule has 1 N–H and O–H groups in total. The molecule has 2 aliphatic heterocycles. The van der Waals surface area contributed by atoms with Crippen molar-refractivity contribution in [1.82, 2.24) is 9.80 Å². The Morgan fingerprint density at radius 3 is 2.46 bits per heavy atom. The van der Waals surface area contributed by atoms with Crippen LogP contribution in [-0.2, 0) is 9.53 Å². The number of nitrogens with one attached hydrogen (secondary N) is 1. The monoisotopic (exact) mass is 404 g/mol. The van der Waals surface area contributed by atoms with Gasteiger partial charge in [0.25, 0.3) is 0 Å². The van der Waals surface area contributed by atoms with E-state index < -0.39 is 0 Å².